The Morgan fingerprint density at radius 3 is 2.81 bits per heavy atom. The Kier molecular flexibility index (Phi) is 4.58. The Balaban J connectivity index is 2.39. The van der Waals surface area contributed by atoms with Crippen molar-refractivity contribution >= 4 is 5.91 Å². The van der Waals surface area contributed by atoms with Crippen LogP contribution in [0, 0.1) is 6.92 Å². The predicted molar refractivity (Wildman–Crippen MR) is 64.5 cm³/mol. The molecule has 0 aromatic heterocycles. The fourth-order valence-corrected chi connectivity index (χ4v) is 1.28. The van der Waals surface area contributed by atoms with Crippen molar-refractivity contribution in [2.75, 3.05) is 20.2 Å². The molecule has 3 nitrogen and oxygen atoms in total. The molecule has 1 amide bonds. The summed E-state index contributed by atoms with van der Waals surface area (Å²) in [6.45, 7) is 6.47. The number of carbonyl (C=O) groups is 1. The van der Waals surface area contributed by atoms with Crippen molar-refractivity contribution in [1.82, 2.24) is 4.90 Å². The van der Waals surface area contributed by atoms with Crippen LogP contribution in [0.3, 0.4) is 0 Å². The number of rotatable bonds is 5. The average Bonchev–Trinajstić information content (AvgIpc) is 2.30. The summed E-state index contributed by atoms with van der Waals surface area (Å²) in [7, 11) is 1.73. The summed E-state index contributed by atoms with van der Waals surface area (Å²) in [6, 6.07) is 7.81. The highest BCUT2D eigenvalue weighted by Crippen LogP contribution is 2.15. The second-order valence-corrected chi connectivity index (χ2v) is 3.58. The van der Waals surface area contributed by atoms with E-state index in [0.717, 1.165) is 11.3 Å². The molecule has 0 aliphatic carbocycles. The van der Waals surface area contributed by atoms with Crippen LogP contribution in [-0.2, 0) is 4.79 Å². The first kappa shape index (κ1) is 12.3. The van der Waals surface area contributed by atoms with Gasteiger partial charge < -0.3 is 9.64 Å². The maximum Gasteiger partial charge on any atom is 0.245 e. The van der Waals surface area contributed by atoms with E-state index in [1.54, 1.807) is 11.9 Å². The lowest BCUT2D eigenvalue weighted by molar-refractivity contribution is -0.125. The minimum absolute atomic E-state index is 0.0895. The van der Waals surface area contributed by atoms with Gasteiger partial charge in [-0.15, -0.1) is 0 Å². The maximum absolute atomic E-state index is 11.2. The number of hydrogen-bond acceptors (Lipinski definition) is 2. The summed E-state index contributed by atoms with van der Waals surface area (Å²) < 4.78 is 5.57. The molecule has 0 aliphatic rings. The van der Waals surface area contributed by atoms with Crippen molar-refractivity contribution in [3.8, 4) is 5.75 Å². The molecule has 0 saturated carbocycles. The maximum atomic E-state index is 11.2. The van der Waals surface area contributed by atoms with Gasteiger partial charge in [-0.3, -0.25) is 4.79 Å². The quantitative estimate of drug-likeness (QED) is 0.709. The van der Waals surface area contributed by atoms with E-state index >= 15 is 0 Å². The topological polar surface area (TPSA) is 29.5 Å². The number of amides is 1. The van der Waals surface area contributed by atoms with Gasteiger partial charge in [0.25, 0.3) is 0 Å². The molecule has 0 bridgehead atoms. The molecule has 86 valence electrons. The van der Waals surface area contributed by atoms with Crippen LogP contribution in [0.1, 0.15) is 5.56 Å². The molecular weight excluding hydrogens is 202 g/mol. The van der Waals surface area contributed by atoms with E-state index in [4.69, 9.17) is 4.74 Å². The first-order chi connectivity index (χ1) is 7.65. The molecule has 1 aromatic rings. The van der Waals surface area contributed by atoms with Crippen LogP contribution in [0.2, 0.25) is 0 Å². The van der Waals surface area contributed by atoms with E-state index in [2.05, 4.69) is 6.58 Å². The van der Waals surface area contributed by atoms with Crippen LogP contribution >= 0.6 is 0 Å². The fraction of sp³-hybridized carbons (Fsp3) is 0.308. The fourth-order valence-electron chi connectivity index (χ4n) is 1.28. The Morgan fingerprint density at radius 1 is 1.50 bits per heavy atom. The molecular formula is C13H17NO2. The molecule has 0 aliphatic heterocycles. The van der Waals surface area contributed by atoms with E-state index < -0.39 is 0 Å². The van der Waals surface area contributed by atoms with E-state index in [9.17, 15) is 4.79 Å². The van der Waals surface area contributed by atoms with Gasteiger partial charge >= 0.3 is 0 Å². The lowest BCUT2D eigenvalue weighted by Gasteiger charge is -2.16. The third-order valence-corrected chi connectivity index (χ3v) is 2.33. The van der Waals surface area contributed by atoms with Crippen molar-refractivity contribution in [2.45, 2.75) is 6.92 Å². The third kappa shape index (κ3) is 3.42. The lowest BCUT2D eigenvalue weighted by atomic mass is 10.2. The zero-order valence-electron chi connectivity index (χ0n) is 9.77. The molecule has 3 heteroatoms. The highest BCUT2D eigenvalue weighted by molar-refractivity contribution is 5.86. The summed E-state index contributed by atoms with van der Waals surface area (Å²) >= 11 is 0. The Hall–Kier alpha value is -1.77. The second kappa shape index (κ2) is 5.95. The van der Waals surface area contributed by atoms with Gasteiger partial charge in [0.2, 0.25) is 5.91 Å². The minimum atomic E-state index is -0.0895. The Morgan fingerprint density at radius 2 is 2.19 bits per heavy atom. The smallest absolute Gasteiger partial charge is 0.245 e. The normalized spacial score (nSPS) is 9.62. The first-order valence-electron chi connectivity index (χ1n) is 5.21. The largest absolute Gasteiger partial charge is 0.491 e. The summed E-state index contributed by atoms with van der Waals surface area (Å²) in [4.78, 5) is 12.7. The van der Waals surface area contributed by atoms with Crippen molar-refractivity contribution in [1.29, 1.82) is 0 Å². The highest BCUT2D eigenvalue weighted by atomic mass is 16.5. The highest BCUT2D eigenvalue weighted by Gasteiger charge is 2.04. The van der Waals surface area contributed by atoms with Crippen molar-refractivity contribution in [3.05, 3.63) is 42.5 Å². The van der Waals surface area contributed by atoms with E-state index in [-0.39, 0.29) is 5.91 Å². The van der Waals surface area contributed by atoms with Gasteiger partial charge in [0.05, 0.1) is 6.54 Å². The van der Waals surface area contributed by atoms with Crippen molar-refractivity contribution < 1.29 is 9.53 Å². The average molecular weight is 219 g/mol. The number of likely N-dealkylation sites (N-methyl/N-ethyl adjacent to an activating group) is 1. The van der Waals surface area contributed by atoms with Crippen molar-refractivity contribution in [2.24, 2.45) is 0 Å². The number of para-hydroxylation sites is 1. The van der Waals surface area contributed by atoms with Gasteiger partial charge in [0.15, 0.2) is 0 Å². The summed E-state index contributed by atoms with van der Waals surface area (Å²) in [5, 5.41) is 0. The Labute approximate surface area is 96.3 Å². The number of ether oxygens (including phenoxy) is 1. The van der Waals surface area contributed by atoms with Crippen LogP contribution in [0.15, 0.2) is 36.9 Å². The van der Waals surface area contributed by atoms with Crippen LogP contribution in [0.4, 0.5) is 0 Å². The lowest BCUT2D eigenvalue weighted by Crippen LogP contribution is -2.29. The van der Waals surface area contributed by atoms with Gasteiger partial charge in [-0.1, -0.05) is 24.8 Å². The molecule has 1 rings (SSSR count). The number of carbonyl (C=O) groups excluding carboxylic acids is 1. The Bertz CT molecular complexity index is 374. The second-order valence-electron chi connectivity index (χ2n) is 3.58. The van der Waals surface area contributed by atoms with Crippen LogP contribution in [0.5, 0.6) is 5.75 Å². The van der Waals surface area contributed by atoms with E-state index in [1.807, 2.05) is 31.2 Å². The number of hydrogen-bond donors (Lipinski definition) is 0. The van der Waals surface area contributed by atoms with Gasteiger partial charge in [-0.2, -0.15) is 0 Å². The predicted octanol–water partition coefficient (Wildman–Crippen LogP) is 2.02. The van der Waals surface area contributed by atoms with Gasteiger partial charge in [-0.05, 0) is 24.6 Å². The molecule has 0 fully saturated rings. The number of aryl methyl sites for hydroxylation is 1. The van der Waals surface area contributed by atoms with Crippen LogP contribution in [-0.4, -0.2) is 31.0 Å². The third-order valence-electron chi connectivity index (χ3n) is 2.33. The zero-order chi connectivity index (χ0) is 12.0. The molecule has 0 N–H and O–H groups in total. The monoisotopic (exact) mass is 219 g/mol. The van der Waals surface area contributed by atoms with Crippen LogP contribution in [0.25, 0.3) is 0 Å². The van der Waals surface area contributed by atoms with Crippen molar-refractivity contribution in [3.63, 3.8) is 0 Å². The van der Waals surface area contributed by atoms with Gasteiger partial charge in [0.1, 0.15) is 12.4 Å². The zero-order valence-corrected chi connectivity index (χ0v) is 9.77. The molecule has 16 heavy (non-hydrogen) atoms. The first-order valence-corrected chi connectivity index (χ1v) is 5.21. The van der Waals surface area contributed by atoms with Gasteiger partial charge in [-0.25, -0.2) is 0 Å². The van der Waals surface area contributed by atoms with E-state index in [0.29, 0.717) is 13.2 Å². The molecule has 0 heterocycles. The molecule has 0 spiro atoms. The minimum Gasteiger partial charge on any atom is -0.491 e. The molecule has 1 aromatic carbocycles. The molecule has 0 atom stereocenters. The van der Waals surface area contributed by atoms with E-state index in [1.165, 1.54) is 6.08 Å². The standard InChI is InChI=1S/C13H17NO2/c1-4-13(15)14(3)9-10-16-12-8-6-5-7-11(12)2/h4-8H,1,9-10H2,2-3H3. The summed E-state index contributed by atoms with van der Waals surface area (Å²) in [5.74, 6) is 0.773. The van der Waals surface area contributed by atoms with Gasteiger partial charge in [0, 0.05) is 7.05 Å². The number of benzene rings is 1. The number of nitrogens with zero attached hydrogens (tertiary/aromatic N) is 1. The molecule has 0 radical (unpaired) electrons. The summed E-state index contributed by atoms with van der Waals surface area (Å²) in [6.07, 6.45) is 1.30. The molecule has 0 unspecified atom stereocenters. The summed E-state index contributed by atoms with van der Waals surface area (Å²) in [5.41, 5.74) is 1.10. The molecule has 0 saturated heterocycles. The SMILES string of the molecule is C=CC(=O)N(C)CCOc1ccccc1C. The van der Waals surface area contributed by atoms with Crippen LogP contribution < -0.4 is 4.74 Å².